The second-order valence-electron chi connectivity index (χ2n) is 6.85. The average Bonchev–Trinajstić information content (AvgIpc) is 3.18. The first kappa shape index (κ1) is 18.2. The largest absolute Gasteiger partial charge is 0.459 e. The summed E-state index contributed by atoms with van der Waals surface area (Å²) in [6, 6.07) is 10.7. The molecule has 6 nitrogen and oxygen atoms in total. The molecular weight excluding hydrogens is 330 g/mol. The van der Waals surface area contributed by atoms with Crippen molar-refractivity contribution in [3.63, 3.8) is 0 Å². The van der Waals surface area contributed by atoms with Crippen molar-refractivity contribution in [2.24, 2.45) is 0 Å². The Morgan fingerprint density at radius 3 is 2.65 bits per heavy atom. The maximum absolute atomic E-state index is 12.9. The highest BCUT2D eigenvalue weighted by Gasteiger charge is 2.35. The lowest BCUT2D eigenvalue weighted by atomic mass is 9.93. The molecule has 0 aliphatic carbocycles. The van der Waals surface area contributed by atoms with Crippen molar-refractivity contribution >= 4 is 11.8 Å². The summed E-state index contributed by atoms with van der Waals surface area (Å²) in [5.74, 6) is -0.106. The predicted molar refractivity (Wildman–Crippen MR) is 98.7 cm³/mol. The summed E-state index contributed by atoms with van der Waals surface area (Å²) >= 11 is 0. The van der Waals surface area contributed by atoms with Crippen LogP contribution in [0.5, 0.6) is 0 Å². The Hall–Kier alpha value is -2.60. The van der Waals surface area contributed by atoms with E-state index in [0.29, 0.717) is 19.5 Å². The summed E-state index contributed by atoms with van der Waals surface area (Å²) in [5, 5.41) is 2.98. The van der Waals surface area contributed by atoms with Crippen LogP contribution in [0.4, 0.5) is 0 Å². The van der Waals surface area contributed by atoms with Crippen LogP contribution in [0.2, 0.25) is 0 Å². The van der Waals surface area contributed by atoms with E-state index >= 15 is 0 Å². The number of nitrogens with zero attached hydrogens (tertiary/aromatic N) is 2. The summed E-state index contributed by atoms with van der Waals surface area (Å²) in [6.45, 7) is 1.91. The fourth-order valence-corrected chi connectivity index (χ4v) is 3.24. The number of carbonyl (C=O) groups excluding carboxylic acids is 2. The van der Waals surface area contributed by atoms with Gasteiger partial charge in [-0.1, -0.05) is 24.3 Å². The molecule has 2 amide bonds. The molecule has 1 aliphatic rings. The molecular formula is C20H25N3O3. The van der Waals surface area contributed by atoms with E-state index in [2.05, 4.69) is 10.2 Å². The topological polar surface area (TPSA) is 65.8 Å². The SMILES string of the molecule is CN(C)CCCNC(=O)C1Cc2ccccc2CN1C(=O)c1ccco1. The Balaban J connectivity index is 1.75. The van der Waals surface area contributed by atoms with E-state index in [1.54, 1.807) is 17.0 Å². The first-order valence-electron chi connectivity index (χ1n) is 8.90. The quantitative estimate of drug-likeness (QED) is 0.804. The average molecular weight is 355 g/mol. The summed E-state index contributed by atoms with van der Waals surface area (Å²) < 4.78 is 5.26. The van der Waals surface area contributed by atoms with Gasteiger partial charge in [0.2, 0.25) is 5.91 Å². The highest BCUT2D eigenvalue weighted by Crippen LogP contribution is 2.25. The second kappa shape index (κ2) is 8.19. The Morgan fingerprint density at radius 2 is 1.96 bits per heavy atom. The molecule has 0 saturated heterocycles. The number of hydrogen-bond donors (Lipinski definition) is 1. The van der Waals surface area contributed by atoms with Crippen LogP contribution >= 0.6 is 0 Å². The number of hydrogen-bond acceptors (Lipinski definition) is 4. The van der Waals surface area contributed by atoms with Crippen LogP contribution < -0.4 is 5.32 Å². The number of rotatable bonds is 6. The molecule has 0 radical (unpaired) electrons. The molecule has 0 saturated carbocycles. The molecule has 2 heterocycles. The molecule has 1 aromatic carbocycles. The highest BCUT2D eigenvalue weighted by atomic mass is 16.3. The zero-order valence-corrected chi connectivity index (χ0v) is 15.3. The lowest BCUT2D eigenvalue weighted by Gasteiger charge is -2.35. The minimum Gasteiger partial charge on any atom is -0.459 e. The van der Waals surface area contributed by atoms with Gasteiger partial charge in [0.15, 0.2) is 5.76 Å². The number of amides is 2. The normalized spacial score (nSPS) is 16.4. The molecule has 1 atom stereocenters. The number of benzene rings is 1. The van der Waals surface area contributed by atoms with Gasteiger partial charge >= 0.3 is 0 Å². The Kier molecular flexibility index (Phi) is 5.73. The van der Waals surface area contributed by atoms with E-state index in [0.717, 1.165) is 24.1 Å². The predicted octanol–water partition coefficient (Wildman–Crippen LogP) is 1.91. The minimum absolute atomic E-state index is 0.113. The number of furan rings is 1. The monoisotopic (exact) mass is 355 g/mol. The van der Waals surface area contributed by atoms with Crippen LogP contribution in [-0.4, -0.2) is 54.8 Å². The summed E-state index contributed by atoms with van der Waals surface area (Å²) in [6.07, 6.45) is 2.86. The smallest absolute Gasteiger partial charge is 0.290 e. The van der Waals surface area contributed by atoms with Crippen molar-refractivity contribution in [1.29, 1.82) is 0 Å². The van der Waals surface area contributed by atoms with Crippen LogP contribution in [0, 0.1) is 0 Å². The molecule has 3 rings (SSSR count). The van der Waals surface area contributed by atoms with Crippen molar-refractivity contribution in [3.8, 4) is 0 Å². The van der Waals surface area contributed by atoms with Crippen LogP contribution in [0.3, 0.4) is 0 Å². The third-order valence-electron chi connectivity index (χ3n) is 4.63. The van der Waals surface area contributed by atoms with Crippen molar-refractivity contribution in [1.82, 2.24) is 15.1 Å². The van der Waals surface area contributed by atoms with Gasteiger partial charge in [0.25, 0.3) is 5.91 Å². The van der Waals surface area contributed by atoms with Crippen LogP contribution in [0.25, 0.3) is 0 Å². The second-order valence-corrected chi connectivity index (χ2v) is 6.85. The highest BCUT2D eigenvalue weighted by molar-refractivity contribution is 5.96. The number of carbonyl (C=O) groups is 2. The van der Waals surface area contributed by atoms with E-state index in [-0.39, 0.29) is 17.6 Å². The number of nitrogens with one attached hydrogen (secondary N) is 1. The third kappa shape index (κ3) is 4.14. The molecule has 1 unspecified atom stereocenters. The first-order chi connectivity index (χ1) is 12.6. The Morgan fingerprint density at radius 1 is 1.19 bits per heavy atom. The molecule has 26 heavy (non-hydrogen) atoms. The molecule has 1 aromatic heterocycles. The van der Waals surface area contributed by atoms with Gasteiger partial charge < -0.3 is 19.5 Å². The van der Waals surface area contributed by atoms with E-state index in [1.165, 1.54) is 6.26 Å². The molecule has 0 bridgehead atoms. The van der Waals surface area contributed by atoms with Gasteiger partial charge in [-0.15, -0.1) is 0 Å². The van der Waals surface area contributed by atoms with Crippen LogP contribution in [-0.2, 0) is 17.8 Å². The molecule has 6 heteroatoms. The maximum Gasteiger partial charge on any atom is 0.290 e. The molecule has 2 aromatic rings. The van der Waals surface area contributed by atoms with Crippen LogP contribution in [0.15, 0.2) is 47.1 Å². The maximum atomic E-state index is 12.9. The summed E-state index contributed by atoms with van der Waals surface area (Å²) in [4.78, 5) is 29.3. The van der Waals surface area contributed by atoms with Gasteiger partial charge in [-0.3, -0.25) is 9.59 Å². The van der Waals surface area contributed by atoms with E-state index in [9.17, 15) is 9.59 Å². The first-order valence-corrected chi connectivity index (χ1v) is 8.90. The van der Waals surface area contributed by atoms with Crippen molar-refractivity contribution < 1.29 is 14.0 Å². The van der Waals surface area contributed by atoms with Gasteiger partial charge in [0, 0.05) is 19.5 Å². The van der Waals surface area contributed by atoms with E-state index in [1.807, 2.05) is 38.4 Å². The zero-order valence-electron chi connectivity index (χ0n) is 15.3. The lowest BCUT2D eigenvalue weighted by molar-refractivity contribution is -0.126. The number of fused-ring (bicyclic) bond motifs is 1. The van der Waals surface area contributed by atoms with Crippen molar-refractivity contribution in [2.45, 2.75) is 25.4 Å². The fourth-order valence-electron chi connectivity index (χ4n) is 3.24. The molecule has 1 aliphatic heterocycles. The Labute approximate surface area is 153 Å². The summed E-state index contributed by atoms with van der Waals surface area (Å²) in [5.41, 5.74) is 2.19. The van der Waals surface area contributed by atoms with Crippen LogP contribution in [0.1, 0.15) is 28.1 Å². The van der Waals surface area contributed by atoms with E-state index < -0.39 is 6.04 Å². The zero-order chi connectivity index (χ0) is 18.5. The third-order valence-corrected chi connectivity index (χ3v) is 4.63. The lowest BCUT2D eigenvalue weighted by Crippen LogP contribution is -2.52. The van der Waals surface area contributed by atoms with Crippen molar-refractivity contribution in [3.05, 3.63) is 59.5 Å². The van der Waals surface area contributed by atoms with Gasteiger partial charge in [0.1, 0.15) is 6.04 Å². The summed E-state index contributed by atoms with van der Waals surface area (Å²) in [7, 11) is 4.01. The minimum atomic E-state index is -0.526. The van der Waals surface area contributed by atoms with Gasteiger partial charge in [-0.25, -0.2) is 0 Å². The Bertz CT molecular complexity index is 755. The van der Waals surface area contributed by atoms with E-state index in [4.69, 9.17) is 4.42 Å². The van der Waals surface area contributed by atoms with Gasteiger partial charge in [-0.2, -0.15) is 0 Å². The van der Waals surface area contributed by atoms with Crippen molar-refractivity contribution in [2.75, 3.05) is 27.2 Å². The standard InChI is InChI=1S/C20H25N3O3/c1-22(2)11-6-10-21-19(24)17-13-15-7-3-4-8-16(15)14-23(17)20(25)18-9-5-12-26-18/h3-5,7-9,12,17H,6,10-11,13-14H2,1-2H3,(H,21,24). The molecule has 0 fully saturated rings. The molecule has 0 spiro atoms. The molecule has 1 N–H and O–H groups in total. The molecule has 138 valence electrons. The fraction of sp³-hybridized carbons (Fsp3) is 0.400. The van der Waals surface area contributed by atoms with Gasteiger partial charge in [-0.05, 0) is 50.3 Å². The van der Waals surface area contributed by atoms with Gasteiger partial charge in [0.05, 0.1) is 6.26 Å².